The van der Waals surface area contributed by atoms with Gasteiger partial charge in [0, 0.05) is 5.56 Å². The van der Waals surface area contributed by atoms with Gasteiger partial charge in [0.05, 0.1) is 34.1 Å². The Kier molecular flexibility index (Phi) is 6.09. The fraction of sp³-hybridized carbons (Fsp3) is 0.286. The molecule has 0 spiro atoms. The minimum absolute atomic E-state index is 0.0349. The van der Waals surface area contributed by atoms with Crippen molar-refractivity contribution >= 4 is 23.7 Å². The lowest BCUT2D eigenvalue weighted by Gasteiger charge is -2.05. The van der Waals surface area contributed by atoms with E-state index >= 15 is 0 Å². The Balaban J connectivity index is 1.58. The maximum atomic E-state index is 11.2. The van der Waals surface area contributed by atoms with Crippen molar-refractivity contribution in [2.75, 3.05) is 0 Å². The van der Waals surface area contributed by atoms with Crippen molar-refractivity contribution in [2.45, 2.75) is 45.7 Å². The van der Waals surface area contributed by atoms with Crippen LogP contribution in [0, 0.1) is 44.7 Å². The molecule has 33 heavy (non-hydrogen) atoms. The maximum absolute atomic E-state index is 11.2. The summed E-state index contributed by atoms with van der Waals surface area (Å²) in [4.78, 5) is 10.8. The molecular weight excluding hydrogens is 442 g/mol. The van der Waals surface area contributed by atoms with E-state index in [4.69, 9.17) is 0 Å². The molecule has 170 valence electrons. The highest BCUT2D eigenvalue weighted by Gasteiger charge is 2.22. The largest absolute Gasteiger partial charge is 0.312 e. The van der Waals surface area contributed by atoms with E-state index in [0.29, 0.717) is 28.2 Å². The molecule has 0 N–H and O–H groups in total. The second-order valence-corrected chi connectivity index (χ2v) is 8.38. The fourth-order valence-corrected chi connectivity index (χ4v) is 4.42. The van der Waals surface area contributed by atoms with Crippen LogP contribution < -0.4 is 0 Å². The summed E-state index contributed by atoms with van der Waals surface area (Å²) in [5.74, 6) is 0.969. The lowest BCUT2D eigenvalue weighted by molar-refractivity contribution is -0.386. The molecule has 0 saturated carbocycles. The summed E-state index contributed by atoms with van der Waals surface area (Å²) in [6.45, 7) is 9.07. The van der Waals surface area contributed by atoms with E-state index in [-0.39, 0.29) is 5.69 Å². The van der Waals surface area contributed by atoms with Crippen LogP contribution in [0.15, 0.2) is 40.6 Å². The summed E-state index contributed by atoms with van der Waals surface area (Å²) in [6, 6.07) is 9.92. The van der Waals surface area contributed by atoms with Gasteiger partial charge in [-0.05, 0) is 46.8 Å². The Morgan fingerprint density at radius 3 is 2.42 bits per heavy atom. The lowest BCUT2D eigenvalue weighted by atomic mass is 10.2. The highest BCUT2D eigenvalue weighted by atomic mass is 32.2. The van der Waals surface area contributed by atoms with Crippen molar-refractivity contribution in [3.05, 3.63) is 74.6 Å². The van der Waals surface area contributed by atoms with Crippen molar-refractivity contribution in [1.82, 2.24) is 34.4 Å². The maximum Gasteiger partial charge on any atom is 0.312 e. The molecule has 3 aromatic heterocycles. The van der Waals surface area contributed by atoms with Gasteiger partial charge < -0.3 is 0 Å². The predicted octanol–water partition coefficient (Wildman–Crippen LogP) is 3.74. The molecule has 0 radical (unpaired) electrons. The zero-order valence-corrected chi connectivity index (χ0v) is 19.7. The normalized spacial score (nSPS) is 11.5. The summed E-state index contributed by atoms with van der Waals surface area (Å²) in [5, 5.41) is 33.7. The van der Waals surface area contributed by atoms with Crippen LogP contribution in [0.25, 0.3) is 5.69 Å². The molecule has 0 bridgehead atoms. The van der Waals surface area contributed by atoms with Gasteiger partial charge in [-0.1, -0.05) is 30.0 Å². The molecule has 0 aliphatic rings. The molecule has 4 aromatic rings. The van der Waals surface area contributed by atoms with Gasteiger partial charge in [-0.15, -0.1) is 10.2 Å². The number of aromatic nitrogens is 7. The van der Waals surface area contributed by atoms with Gasteiger partial charge in [0.25, 0.3) is 0 Å². The highest BCUT2D eigenvalue weighted by molar-refractivity contribution is 7.98. The molecule has 0 aliphatic carbocycles. The molecule has 1 aromatic carbocycles. The Morgan fingerprint density at radius 1 is 1.03 bits per heavy atom. The lowest BCUT2D eigenvalue weighted by Crippen LogP contribution is -2.03. The fourth-order valence-electron chi connectivity index (χ4n) is 3.54. The van der Waals surface area contributed by atoms with E-state index in [2.05, 4.69) is 25.5 Å². The summed E-state index contributed by atoms with van der Waals surface area (Å²) in [7, 11) is 0. The number of hydrogen-bond acceptors (Lipinski definition) is 8. The Bertz CT molecular complexity index is 1350. The van der Waals surface area contributed by atoms with Crippen LogP contribution in [0.2, 0.25) is 0 Å². The molecular formula is C21H23N9O2S. The average molecular weight is 466 g/mol. The first-order valence-corrected chi connectivity index (χ1v) is 11.2. The quantitative estimate of drug-likeness (QED) is 0.176. The standard InChI is InChI=1S/C21H23N9O2S/c1-13-19(15(3)28(26-13)18-9-7-6-8-10-18)11-22-29-17(5)23-24-21(29)33-12-27-16(4)20(30(31)32)14(2)25-27/h6-11H,12H2,1-5H3/b22-11-. The Hall–Kier alpha value is -3.80. The third kappa shape index (κ3) is 4.29. The number of rotatable bonds is 7. The number of para-hydroxylation sites is 1. The van der Waals surface area contributed by atoms with Gasteiger partial charge in [-0.25, -0.2) is 4.68 Å². The zero-order chi connectivity index (χ0) is 23.7. The van der Waals surface area contributed by atoms with Gasteiger partial charge in [0.15, 0.2) is 5.82 Å². The van der Waals surface area contributed by atoms with Gasteiger partial charge in [0.1, 0.15) is 11.4 Å². The Labute approximate surface area is 194 Å². The molecule has 12 heteroatoms. The van der Waals surface area contributed by atoms with Crippen LogP contribution in [0.1, 0.15) is 34.2 Å². The predicted molar refractivity (Wildman–Crippen MR) is 125 cm³/mol. The molecule has 3 heterocycles. The third-order valence-corrected chi connectivity index (χ3v) is 6.15. The minimum Gasteiger partial charge on any atom is -0.258 e. The zero-order valence-electron chi connectivity index (χ0n) is 18.9. The van der Waals surface area contributed by atoms with Gasteiger partial charge in [-0.3, -0.25) is 14.8 Å². The molecule has 0 unspecified atom stereocenters. The first-order valence-electron chi connectivity index (χ1n) is 10.2. The Morgan fingerprint density at radius 2 is 1.76 bits per heavy atom. The van der Waals surface area contributed by atoms with Gasteiger partial charge in [0.2, 0.25) is 5.16 Å². The van der Waals surface area contributed by atoms with E-state index in [1.54, 1.807) is 29.4 Å². The molecule has 0 atom stereocenters. The van der Waals surface area contributed by atoms with Crippen LogP contribution in [0.3, 0.4) is 0 Å². The molecule has 0 aliphatic heterocycles. The summed E-state index contributed by atoms with van der Waals surface area (Å²) in [6.07, 6.45) is 1.76. The van der Waals surface area contributed by atoms with E-state index in [9.17, 15) is 10.1 Å². The van der Waals surface area contributed by atoms with E-state index < -0.39 is 4.92 Å². The van der Waals surface area contributed by atoms with Crippen molar-refractivity contribution in [3.63, 3.8) is 0 Å². The summed E-state index contributed by atoms with van der Waals surface area (Å²) in [5.41, 5.74) is 4.64. The number of thioether (sulfide) groups is 1. The van der Waals surface area contributed by atoms with E-state index in [0.717, 1.165) is 22.6 Å². The number of nitrogens with zero attached hydrogens (tertiary/aromatic N) is 9. The van der Waals surface area contributed by atoms with Crippen LogP contribution in [-0.2, 0) is 5.88 Å². The van der Waals surface area contributed by atoms with Crippen molar-refractivity contribution in [1.29, 1.82) is 0 Å². The molecule has 0 saturated heterocycles. The summed E-state index contributed by atoms with van der Waals surface area (Å²) < 4.78 is 5.12. The molecule has 0 fully saturated rings. The van der Waals surface area contributed by atoms with Crippen molar-refractivity contribution < 1.29 is 4.92 Å². The number of benzene rings is 1. The average Bonchev–Trinajstić information content (AvgIpc) is 3.38. The first kappa shape index (κ1) is 22.4. The molecule has 0 amide bonds. The molecule has 4 rings (SSSR count). The van der Waals surface area contributed by atoms with Crippen molar-refractivity contribution in [3.8, 4) is 5.69 Å². The van der Waals surface area contributed by atoms with Crippen LogP contribution in [0.4, 0.5) is 5.69 Å². The van der Waals surface area contributed by atoms with Crippen molar-refractivity contribution in [2.24, 2.45) is 5.10 Å². The van der Waals surface area contributed by atoms with E-state index in [1.165, 1.54) is 11.8 Å². The number of aryl methyl sites for hydroxylation is 3. The number of hydrogen-bond donors (Lipinski definition) is 0. The third-order valence-electron chi connectivity index (χ3n) is 5.26. The second-order valence-electron chi connectivity index (χ2n) is 7.47. The number of nitro groups is 1. The SMILES string of the molecule is Cc1nn(-c2ccccc2)c(C)c1/C=N\n1c(C)nnc1SCn1nc(C)c([N+](=O)[O-])c1C. The highest BCUT2D eigenvalue weighted by Crippen LogP contribution is 2.26. The minimum atomic E-state index is -0.407. The second kappa shape index (κ2) is 8.98. The smallest absolute Gasteiger partial charge is 0.258 e. The molecule has 11 nitrogen and oxygen atoms in total. The monoisotopic (exact) mass is 465 g/mol. The van der Waals surface area contributed by atoms with E-state index in [1.807, 2.05) is 55.8 Å². The summed E-state index contributed by atoms with van der Waals surface area (Å²) >= 11 is 1.35. The first-order chi connectivity index (χ1) is 15.8. The van der Waals surface area contributed by atoms with Crippen LogP contribution in [0.5, 0.6) is 0 Å². The van der Waals surface area contributed by atoms with Gasteiger partial charge in [-0.2, -0.15) is 20.0 Å². The van der Waals surface area contributed by atoms with Gasteiger partial charge >= 0.3 is 5.69 Å². The van der Waals surface area contributed by atoms with Crippen LogP contribution in [-0.4, -0.2) is 45.6 Å². The topological polar surface area (TPSA) is 122 Å². The van der Waals surface area contributed by atoms with Crippen LogP contribution >= 0.6 is 11.8 Å².